The van der Waals surface area contributed by atoms with Crippen molar-refractivity contribution in [1.29, 1.82) is 0 Å². The van der Waals surface area contributed by atoms with E-state index in [0.29, 0.717) is 23.0 Å². The zero-order valence-corrected chi connectivity index (χ0v) is 13.0. The lowest BCUT2D eigenvalue weighted by Gasteiger charge is -2.11. The van der Waals surface area contributed by atoms with Gasteiger partial charge in [-0.25, -0.2) is 8.42 Å². The molecule has 3 N–H and O–H groups in total. The van der Waals surface area contributed by atoms with Crippen LogP contribution in [0.2, 0.25) is 5.02 Å². The number of methoxy groups -OCH3 is 1. The summed E-state index contributed by atoms with van der Waals surface area (Å²) >= 11 is 6.98. The topological polar surface area (TPSA) is 81.4 Å². The highest BCUT2D eigenvalue weighted by Gasteiger charge is 2.19. The van der Waals surface area contributed by atoms with Crippen LogP contribution >= 0.6 is 22.9 Å². The Morgan fingerprint density at radius 3 is 2.75 bits per heavy atom. The number of nitrogens with two attached hydrogens (primary N) is 1. The summed E-state index contributed by atoms with van der Waals surface area (Å²) < 4.78 is 32.3. The Kier molecular flexibility index (Phi) is 4.54. The quantitative estimate of drug-likeness (QED) is 0.882. The molecular formula is C12H13ClN2O3S2. The number of benzene rings is 1. The zero-order valence-electron chi connectivity index (χ0n) is 10.6. The summed E-state index contributed by atoms with van der Waals surface area (Å²) in [5.74, 6) is 0.397. The molecule has 0 amide bonds. The smallest absolute Gasteiger partial charge is 0.271 e. The van der Waals surface area contributed by atoms with Gasteiger partial charge in [0.05, 0.1) is 12.8 Å². The van der Waals surface area contributed by atoms with Crippen LogP contribution in [0.5, 0.6) is 5.75 Å². The summed E-state index contributed by atoms with van der Waals surface area (Å²) in [6, 6.07) is 6.26. The normalized spacial score (nSPS) is 11.3. The number of hydrogen-bond acceptors (Lipinski definition) is 5. The number of ether oxygens (including phenoxy) is 1. The maximum Gasteiger partial charge on any atom is 0.271 e. The Morgan fingerprint density at radius 2 is 2.15 bits per heavy atom. The molecule has 2 aromatic rings. The molecule has 0 bridgehead atoms. The SMILES string of the molecule is COc1ccc(Cl)cc1NS(=O)(=O)c1cc(CN)cs1. The van der Waals surface area contributed by atoms with Crippen molar-refractivity contribution in [1.82, 2.24) is 0 Å². The van der Waals surface area contributed by atoms with Gasteiger partial charge in [0.2, 0.25) is 0 Å². The molecule has 8 heteroatoms. The van der Waals surface area contributed by atoms with Crippen molar-refractivity contribution in [3.8, 4) is 5.75 Å². The van der Waals surface area contributed by atoms with Crippen molar-refractivity contribution in [3.63, 3.8) is 0 Å². The minimum Gasteiger partial charge on any atom is -0.495 e. The molecule has 0 aliphatic rings. The van der Waals surface area contributed by atoms with Crippen LogP contribution < -0.4 is 15.2 Å². The van der Waals surface area contributed by atoms with E-state index in [-0.39, 0.29) is 4.21 Å². The van der Waals surface area contributed by atoms with Gasteiger partial charge in [0.15, 0.2) is 0 Å². The molecule has 0 saturated heterocycles. The molecule has 20 heavy (non-hydrogen) atoms. The van der Waals surface area contributed by atoms with Crippen LogP contribution in [-0.2, 0) is 16.6 Å². The van der Waals surface area contributed by atoms with Crippen molar-refractivity contribution < 1.29 is 13.2 Å². The minimum absolute atomic E-state index is 0.194. The number of rotatable bonds is 5. The van der Waals surface area contributed by atoms with Gasteiger partial charge in [0, 0.05) is 11.6 Å². The Balaban J connectivity index is 2.35. The molecule has 0 fully saturated rings. The van der Waals surface area contributed by atoms with Gasteiger partial charge in [-0.15, -0.1) is 11.3 Å². The van der Waals surface area contributed by atoms with E-state index in [1.54, 1.807) is 23.6 Å². The molecule has 0 aliphatic heterocycles. The second-order valence-corrected chi connectivity index (χ2v) is 7.19. The fraction of sp³-hybridized carbons (Fsp3) is 0.167. The van der Waals surface area contributed by atoms with Gasteiger partial charge in [-0.1, -0.05) is 11.6 Å². The van der Waals surface area contributed by atoms with E-state index in [9.17, 15) is 8.42 Å². The molecule has 1 aromatic carbocycles. The predicted octanol–water partition coefficient (Wildman–Crippen LogP) is 2.67. The largest absolute Gasteiger partial charge is 0.495 e. The number of halogens is 1. The summed E-state index contributed by atoms with van der Waals surface area (Å²) in [6.45, 7) is 0.298. The van der Waals surface area contributed by atoms with E-state index in [2.05, 4.69) is 4.72 Å². The average molecular weight is 333 g/mol. The van der Waals surface area contributed by atoms with Gasteiger partial charge >= 0.3 is 0 Å². The van der Waals surface area contributed by atoms with Gasteiger partial charge in [-0.2, -0.15) is 0 Å². The van der Waals surface area contributed by atoms with Crippen molar-refractivity contribution >= 4 is 38.6 Å². The molecule has 0 spiro atoms. The fourth-order valence-corrected chi connectivity index (χ4v) is 4.01. The van der Waals surface area contributed by atoms with Gasteiger partial charge < -0.3 is 10.5 Å². The second-order valence-electron chi connectivity index (χ2n) is 3.93. The third-order valence-electron chi connectivity index (χ3n) is 2.54. The highest BCUT2D eigenvalue weighted by Crippen LogP contribution is 2.31. The maximum absolute atomic E-state index is 12.3. The molecule has 0 unspecified atom stereocenters. The van der Waals surface area contributed by atoms with Crippen LogP contribution in [0.4, 0.5) is 5.69 Å². The number of nitrogens with one attached hydrogen (secondary N) is 1. The highest BCUT2D eigenvalue weighted by molar-refractivity contribution is 7.94. The average Bonchev–Trinajstić information content (AvgIpc) is 2.88. The number of anilines is 1. The molecule has 0 aliphatic carbocycles. The van der Waals surface area contributed by atoms with E-state index in [0.717, 1.165) is 16.9 Å². The number of sulfonamides is 1. The highest BCUT2D eigenvalue weighted by atomic mass is 35.5. The molecule has 1 heterocycles. The summed E-state index contributed by atoms with van der Waals surface area (Å²) in [5.41, 5.74) is 6.54. The summed E-state index contributed by atoms with van der Waals surface area (Å²) in [6.07, 6.45) is 0. The Morgan fingerprint density at radius 1 is 1.40 bits per heavy atom. The third kappa shape index (κ3) is 3.24. The van der Waals surface area contributed by atoms with E-state index in [4.69, 9.17) is 22.1 Å². The van der Waals surface area contributed by atoms with Crippen LogP contribution in [0.15, 0.2) is 33.9 Å². The first-order chi connectivity index (χ1) is 9.46. The van der Waals surface area contributed by atoms with E-state index >= 15 is 0 Å². The van der Waals surface area contributed by atoms with Gasteiger partial charge in [-0.3, -0.25) is 4.72 Å². The standard InChI is InChI=1S/C12H13ClN2O3S2/c1-18-11-3-2-9(13)5-10(11)15-20(16,17)12-4-8(6-14)7-19-12/h2-5,7,15H,6,14H2,1H3. The molecule has 108 valence electrons. The first-order valence-electron chi connectivity index (χ1n) is 5.60. The summed E-state index contributed by atoms with van der Waals surface area (Å²) in [5, 5.41) is 2.13. The summed E-state index contributed by atoms with van der Waals surface area (Å²) in [7, 11) is -2.22. The maximum atomic E-state index is 12.3. The lowest BCUT2D eigenvalue weighted by atomic mass is 10.3. The molecule has 0 radical (unpaired) electrons. The van der Waals surface area contributed by atoms with E-state index in [1.165, 1.54) is 13.2 Å². The molecule has 0 saturated carbocycles. The van der Waals surface area contributed by atoms with Crippen LogP contribution in [-0.4, -0.2) is 15.5 Å². The van der Waals surface area contributed by atoms with Crippen molar-refractivity contribution in [2.24, 2.45) is 5.73 Å². The van der Waals surface area contributed by atoms with E-state index < -0.39 is 10.0 Å². The third-order valence-corrected chi connectivity index (χ3v) is 5.63. The van der Waals surface area contributed by atoms with Crippen LogP contribution in [0.1, 0.15) is 5.56 Å². The number of hydrogen-bond donors (Lipinski definition) is 2. The Hall–Kier alpha value is -1.28. The van der Waals surface area contributed by atoms with Crippen molar-refractivity contribution in [2.45, 2.75) is 10.8 Å². The lowest BCUT2D eigenvalue weighted by Crippen LogP contribution is -2.12. The molecule has 2 rings (SSSR count). The molecule has 5 nitrogen and oxygen atoms in total. The lowest BCUT2D eigenvalue weighted by molar-refractivity contribution is 0.417. The van der Waals surface area contributed by atoms with Crippen molar-refractivity contribution in [3.05, 3.63) is 40.2 Å². The first-order valence-corrected chi connectivity index (χ1v) is 8.34. The minimum atomic E-state index is -3.68. The van der Waals surface area contributed by atoms with Crippen LogP contribution in [0.3, 0.4) is 0 Å². The van der Waals surface area contributed by atoms with Crippen LogP contribution in [0.25, 0.3) is 0 Å². The van der Waals surface area contributed by atoms with Crippen molar-refractivity contribution in [2.75, 3.05) is 11.8 Å². The zero-order chi connectivity index (χ0) is 14.8. The summed E-state index contributed by atoms with van der Waals surface area (Å²) in [4.78, 5) is 0. The Bertz CT molecular complexity index is 713. The Labute approximate surface area is 126 Å². The monoisotopic (exact) mass is 332 g/mol. The molecule has 1 aromatic heterocycles. The predicted molar refractivity (Wildman–Crippen MR) is 81.0 cm³/mol. The van der Waals surface area contributed by atoms with Gasteiger partial charge in [0.25, 0.3) is 10.0 Å². The second kappa shape index (κ2) is 6.01. The van der Waals surface area contributed by atoms with Gasteiger partial charge in [-0.05, 0) is 35.2 Å². The fourth-order valence-electron chi connectivity index (χ4n) is 1.56. The van der Waals surface area contributed by atoms with Gasteiger partial charge in [0.1, 0.15) is 9.96 Å². The molecular weight excluding hydrogens is 320 g/mol. The van der Waals surface area contributed by atoms with E-state index in [1.807, 2.05) is 0 Å². The number of thiophene rings is 1. The first kappa shape index (κ1) is 15.1. The molecule has 0 atom stereocenters. The van der Waals surface area contributed by atoms with Crippen LogP contribution in [0, 0.1) is 0 Å².